The van der Waals surface area contributed by atoms with Gasteiger partial charge in [0.05, 0.1) is 11.1 Å². The molecule has 0 aromatic heterocycles. The van der Waals surface area contributed by atoms with Gasteiger partial charge in [0.2, 0.25) is 0 Å². The van der Waals surface area contributed by atoms with Crippen molar-refractivity contribution in [1.82, 2.24) is 0 Å². The predicted octanol–water partition coefficient (Wildman–Crippen LogP) is 4.06. The molecule has 1 aromatic carbocycles. The summed E-state index contributed by atoms with van der Waals surface area (Å²) >= 11 is 5.65. The van der Waals surface area contributed by atoms with Crippen molar-refractivity contribution in [3.05, 3.63) is 34.6 Å². The van der Waals surface area contributed by atoms with E-state index < -0.39 is 11.9 Å². The summed E-state index contributed by atoms with van der Waals surface area (Å²) in [4.78, 5) is 0. The molecule has 1 saturated carbocycles. The van der Waals surface area contributed by atoms with E-state index in [0.717, 1.165) is 5.56 Å². The zero-order chi connectivity index (χ0) is 13.7. The van der Waals surface area contributed by atoms with Crippen molar-refractivity contribution in [2.75, 3.05) is 0 Å². The SMILES string of the molecule is CC1(C)C(C(O)Cc2ccc(Cl)c(F)c2)C1(C)C. The monoisotopic (exact) mass is 270 g/mol. The van der Waals surface area contributed by atoms with E-state index in [4.69, 9.17) is 11.6 Å². The minimum atomic E-state index is -0.435. The Morgan fingerprint density at radius 3 is 2.28 bits per heavy atom. The Balaban J connectivity index is 2.09. The topological polar surface area (TPSA) is 20.2 Å². The highest BCUT2D eigenvalue weighted by Gasteiger charge is 2.66. The molecule has 1 N–H and O–H groups in total. The summed E-state index contributed by atoms with van der Waals surface area (Å²) in [5.74, 6) is -0.167. The Labute approximate surface area is 113 Å². The molecule has 1 fully saturated rings. The van der Waals surface area contributed by atoms with E-state index in [0.29, 0.717) is 6.42 Å². The van der Waals surface area contributed by atoms with Crippen molar-refractivity contribution in [3.63, 3.8) is 0 Å². The molecule has 0 bridgehead atoms. The minimum absolute atomic E-state index is 0.125. The first-order chi connectivity index (χ1) is 8.18. The minimum Gasteiger partial charge on any atom is -0.392 e. The molecule has 0 amide bonds. The van der Waals surface area contributed by atoms with Gasteiger partial charge in [-0.15, -0.1) is 0 Å². The molecule has 0 aliphatic heterocycles. The lowest BCUT2D eigenvalue weighted by Crippen LogP contribution is -2.17. The van der Waals surface area contributed by atoms with E-state index in [1.54, 1.807) is 12.1 Å². The largest absolute Gasteiger partial charge is 0.392 e. The summed E-state index contributed by atoms with van der Waals surface area (Å²) in [7, 11) is 0. The molecule has 0 heterocycles. The second-order valence-electron chi connectivity index (χ2n) is 6.44. The molecule has 1 atom stereocenters. The van der Waals surface area contributed by atoms with Crippen LogP contribution in [0.2, 0.25) is 5.02 Å². The van der Waals surface area contributed by atoms with Crippen molar-refractivity contribution < 1.29 is 9.50 Å². The summed E-state index contributed by atoms with van der Waals surface area (Å²) in [6.07, 6.45) is 0.0431. The van der Waals surface area contributed by atoms with Gasteiger partial charge in [0.15, 0.2) is 0 Å². The normalized spacial score (nSPS) is 22.8. The van der Waals surface area contributed by atoms with Crippen LogP contribution in [0.3, 0.4) is 0 Å². The summed E-state index contributed by atoms with van der Waals surface area (Å²) in [5.41, 5.74) is 1.07. The Morgan fingerprint density at radius 1 is 1.28 bits per heavy atom. The molecule has 2 rings (SSSR count). The maximum absolute atomic E-state index is 13.3. The van der Waals surface area contributed by atoms with E-state index in [1.807, 2.05) is 0 Å². The lowest BCUT2D eigenvalue weighted by atomic mass is 9.99. The average Bonchev–Trinajstić information content (AvgIpc) is 2.63. The highest BCUT2D eigenvalue weighted by molar-refractivity contribution is 6.30. The maximum Gasteiger partial charge on any atom is 0.142 e. The van der Waals surface area contributed by atoms with E-state index in [1.165, 1.54) is 6.07 Å². The molecule has 1 aliphatic carbocycles. The zero-order valence-electron chi connectivity index (χ0n) is 11.3. The highest BCUT2D eigenvalue weighted by Crippen LogP contribution is 2.69. The van der Waals surface area contributed by atoms with Crippen molar-refractivity contribution in [1.29, 1.82) is 0 Å². The number of hydrogen-bond donors (Lipinski definition) is 1. The Hall–Kier alpha value is -0.600. The summed E-state index contributed by atoms with van der Waals surface area (Å²) < 4.78 is 13.3. The van der Waals surface area contributed by atoms with Gasteiger partial charge >= 0.3 is 0 Å². The second-order valence-corrected chi connectivity index (χ2v) is 6.85. The molecule has 0 radical (unpaired) electrons. The molecule has 3 heteroatoms. The fourth-order valence-electron chi connectivity index (χ4n) is 3.24. The van der Waals surface area contributed by atoms with Crippen molar-refractivity contribution in [2.45, 2.75) is 40.2 Å². The number of hydrogen-bond acceptors (Lipinski definition) is 1. The van der Waals surface area contributed by atoms with Crippen LogP contribution in [0.15, 0.2) is 18.2 Å². The molecular formula is C15H20ClFO. The van der Waals surface area contributed by atoms with Gasteiger partial charge in [0, 0.05) is 0 Å². The molecule has 1 unspecified atom stereocenters. The van der Waals surface area contributed by atoms with E-state index >= 15 is 0 Å². The Morgan fingerprint density at radius 2 is 1.83 bits per heavy atom. The molecule has 0 saturated heterocycles. The van der Waals surface area contributed by atoms with Gasteiger partial charge in [-0.2, -0.15) is 0 Å². The molecule has 100 valence electrons. The van der Waals surface area contributed by atoms with Crippen molar-refractivity contribution in [3.8, 4) is 0 Å². The molecule has 18 heavy (non-hydrogen) atoms. The Bertz CT molecular complexity index is 454. The second kappa shape index (κ2) is 4.21. The van der Waals surface area contributed by atoms with Gasteiger partial charge in [-0.05, 0) is 40.9 Å². The van der Waals surface area contributed by atoms with Crippen molar-refractivity contribution in [2.24, 2.45) is 16.7 Å². The van der Waals surface area contributed by atoms with Crippen LogP contribution >= 0.6 is 11.6 Å². The highest BCUT2D eigenvalue weighted by atomic mass is 35.5. The lowest BCUT2D eigenvalue weighted by molar-refractivity contribution is 0.129. The third kappa shape index (κ3) is 2.06. The lowest BCUT2D eigenvalue weighted by Gasteiger charge is -2.13. The predicted molar refractivity (Wildman–Crippen MR) is 72.2 cm³/mol. The third-order valence-electron chi connectivity index (χ3n) is 4.95. The number of benzene rings is 1. The molecular weight excluding hydrogens is 251 g/mol. The van der Waals surface area contributed by atoms with Gasteiger partial charge in [-0.1, -0.05) is 45.4 Å². The smallest absolute Gasteiger partial charge is 0.142 e. The van der Waals surface area contributed by atoms with Crippen LogP contribution in [-0.4, -0.2) is 11.2 Å². The van der Waals surface area contributed by atoms with Crippen LogP contribution in [0.4, 0.5) is 4.39 Å². The van der Waals surface area contributed by atoms with Crippen LogP contribution in [0.1, 0.15) is 33.3 Å². The van der Waals surface area contributed by atoms with E-state index in [-0.39, 0.29) is 21.8 Å². The maximum atomic E-state index is 13.3. The summed E-state index contributed by atoms with van der Waals surface area (Å²) in [6, 6.07) is 4.73. The Kier molecular flexibility index (Phi) is 3.23. The molecule has 0 spiro atoms. The number of rotatable bonds is 3. The van der Waals surface area contributed by atoms with Crippen LogP contribution in [0.5, 0.6) is 0 Å². The quantitative estimate of drug-likeness (QED) is 0.878. The molecule has 1 nitrogen and oxygen atoms in total. The van der Waals surface area contributed by atoms with Crippen LogP contribution in [-0.2, 0) is 6.42 Å². The van der Waals surface area contributed by atoms with Gasteiger partial charge < -0.3 is 5.11 Å². The van der Waals surface area contributed by atoms with Crippen LogP contribution < -0.4 is 0 Å². The standard InChI is InChI=1S/C15H20ClFO/c1-14(2)13(15(14,3)4)12(18)8-9-5-6-10(16)11(17)7-9/h5-7,12-13,18H,8H2,1-4H3. The fraction of sp³-hybridized carbons (Fsp3) is 0.600. The first-order valence-corrected chi connectivity index (χ1v) is 6.67. The first kappa shape index (κ1) is 13.8. The summed E-state index contributed by atoms with van der Waals surface area (Å²) in [6.45, 7) is 8.68. The number of aliphatic hydroxyl groups is 1. The van der Waals surface area contributed by atoms with Crippen molar-refractivity contribution >= 4 is 11.6 Å². The number of halogens is 2. The van der Waals surface area contributed by atoms with Gasteiger partial charge in [-0.3, -0.25) is 0 Å². The van der Waals surface area contributed by atoms with E-state index in [9.17, 15) is 9.50 Å². The van der Waals surface area contributed by atoms with Crippen LogP contribution in [0, 0.1) is 22.6 Å². The number of aliphatic hydroxyl groups excluding tert-OH is 1. The molecule has 1 aliphatic rings. The zero-order valence-corrected chi connectivity index (χ0v) is 12.1. The van der Waals surface area contributed by atoms with Crippen LogP contribution in [0.25, 0.3) is 0 Å². The van der Waals surface area contributed by atoms with Gasteiger partial charge in [0.1, 0.15) is 5.82 Å². The molecule has 1 aromatic rings. The summed E-state index contributed by atoms with van der Waals surface area (Å²) in [5, 5.41) is 10.4. The average molecular weight is 271 g/mol. The third-order valence-corrected chi connectivity index (χ3v) is 5.25. The fourth-order valence-corrected chi connectivity index (χ4v) is 3.35. The first-order valence-electron chi connectivity index (χ1n) is 6.30. The van der Waals surface area contributed by atoms with Gasteiger partial charge in [-0.25, -0.2) is 4.39 Å². The van der Waals surface area contributed by atoms with Gasteiger partial charge in [0.25, 0.3) is 0 Å². The van der Waals surface area contributed by atoms with E-state index in [2.05, 4.69) is 27.7 Å².